The van der Waals surface area contributed by atoms with Gasteiger partial charge >= 0.3 is 0 Å². The van der Waals surface area contributed by atoms with Crippen LogP contribution in [0.3, 0.4) is 0 Å². The molecule has 3 nitrogen and oxygen atoms in total. The van der Waals surface area contributed by atoms with Gasteiger partial charge in [0.1, 0.15) is 0 Å². The van der Waals surface area contributed by atoms with E-state index in [2.05, 4.69) is 0 Å². The lowest BCUT2D eigenvalue weighted by Crippen LogP contribution is -2.23. The van der Waals surface area contributed by atoms with Crippen LogP contribution in [0.2, 0.25) is 0 Å². The van der Waals surface area contributed by atoms with Crippen LogP contribution in [0, 0.1) is 0 Å². The fourth-order valence-electron chi connectivity index (χ4n) is 1.70. The molecule has 68 valence electrons. The fourth-order valence-corrected chi connectivity index (χ4v) is 1.70. The largest absolute Gasteiger partial charge is 0.357 e. The summed E-state index contributed by atoms with van der Waals surface area (Å²) >= 11 is 0. The third kappa shape index (κ3) is 1.04. The molecule has 1 aromatic carbocycles. The first-order valence-electron chi connectivity index (χ1n) is 4.14. The second kappa shape index (κ2) is 2.85. The minimum absolute atomic E-state index is 0.0300. The molecule has 0 saturated heterocycles. The predicted molar refractivity (Wildman–Crippen MR) is 48.3 cm³/mol. The maximum atomic E-state index is 11.6. The Kier molecular flexibility index (Phi) is 1.81. The molecule has 0 bridgehead atoms. The van der Waals surface area contributed by atoms with E-state index in [4.69, 9.17) is 4.74 Å². The van der Waals surface area contributed by atoms with Crippen LogP contribution in [0.1, 0.15) is 22.1 Å². The van der Waals surface area contributed by atoms with Crippen LogP contribution < -0.4 is 0 Å². The zero-order chi connectivity index (χ0) is 9.42. The van der Waals surface area contributed by atoms with Crippen molar-refractivity contribution in [1.82, 2.24) is 4.90 Å². The molecule has 0 fully saturated rings. The average Bonchev–Trinajstić information content (AvgIpc) is 2.41. The van der Waals surface area contributed by atoms with E-state index < -0.39 is 0 Å². The van der Waals surface area contributed by atoms with Crippen LogP contribution >= 0.6 is 0 Å². The van der Waals surface area contributed by atoms with E-state index in [1.165, 1.54) is 0 Å². The number of benzene rings is 1. The van der Waals surface area contributed by atoms with Crippen molar-refractivity contribution in [3.8, 4) is 0 Å². The second-order valence-electron chi connectivity index (χ2n) is 3.09. The van der Waals surface area contributed by atoms with Gasteiger partial charge in [0, 0.05) is 25.3 Å². The maximum absolute atomic E-state index is 11.6. The summed E-state index contributed by atoms with van der Waals surface area (Å²) in [5.41, 5.74) is 1.70. The molecule has 0 radical (unpaired) electrons. The molecule has 2 rings (SSSR count). The van der Waals surface area contributed by atoms with Crippen molar-refractivity contribution in [2.24, 2.45) is 0 Å². The van der Waals surface area contributed by atoms with Gasteiger partial charge in [-0.25, -0.2) is 0 Å². The number of ether oxygens (including phenoxy) is 1. The summed E-state index contributed by atoms with van der Waals surface area (Å²) < 4.78 is 5.23. The van der Waals surface area contributed by atoms with Crippen molar-refractivity contribution in [3.05, 3.63) is 35.4 Å². The molecule has 1 aliphatic heterocycles. The fraction of sp³-hybridized carbons (Fsp3) is 0.300. The van der Waals surface area contributed by atoms with Crippen LogP contribution in [0.25, 0.3) is 0 Å². The highest BCUT2D eigenvalue weighted by atomic mass is 16.5. The van der Waals surface area contributed by atoms with Gasteiger partial charge in [0.05, 0.1) is 0 Å². The molecule has 0 spiro atoms. The Hall–Kier alpha value is -1.35. The van der Waals surface area contributed by atoms with Gasteiger partial charge < -0.3 is 9.64 Å². The number of carbonyl (C=O) groups is 1. The Morgan fingerprint density at radius 1 is 1.38 bits per heavy atom. The van der Waals surface area contributed by atoms with Gasteiger partial charge in [-0.15, -0.1) is 0 Å². The molecule has 13 heavy (non-hydrogen) atoms. The van der Waals surface area contributed by atoms with Crippen LogP contribution in [0.5, 0.6) is 0 Å². The number of hydrogen-bond donors (Lipinski definition) is 0. The zero-order valence-electron chi connectivity index (χ0n) is 7.65. The normalized spacial score (nSPS) is 20.6. The molecule has 1 aromatic rings. The summed E-state index contributed by atoms with van der Waals surface area (Å²) in [5.74, 6) is 0.0300. The Labute approximate surface area is 76.9 Å². The standard InChI is InChI=1S/C10H11NO2/c1-11-9(12)7-5-3-4-6-8(7)10(11)13-2/h3-6,10H,1-2H3. The van der Waals surface area contributed by atoms with Crippen molar-refractivity contribution < 1.29 is 9.53 Å². The lowest BCUT2D eigenvalue weighted by atomic mass is 10.1. The van der Waals surface area contributed by atoms with Crippen molar-refractivity contribution in [2.75, 3.05) is 14.2 Å². The Morgan fingerprint density at radius 3 is 2.77 bits per heavy atom. The number of carbonyl (C=O) groups excluding carboxylic acids is 1. The Morgan fingerprint density at radius 2 is 2.08 bits per heavy atom. The van der Waals surface area contributed by atoms with E-state index in [9.17, 15) is 4.79 Å². The summed E-state index contributed by atoms with van der Waals surface area (Å²) in [6, 6.07) is 7.53. The van der Waals surface area contributed by atoms with Crippen LogP contribution in [0.4, 0.5) is 0 Å². The number of methoxy groups -OCH3 is 1. The van der Waals surface area contributed by atoms with Gasteiger partial charge in [0.2, 0.25) is 0 Å². The van der Waals surface area contributed by atoms with Gasteiger partial charge in [-0.05, 0) is 6.07 Å². The summed E-state index contributed by atoms with van der Waals surface area (Å²) in [4.78, 5) is 13.2. The SMILES string of the molecule is COC1c2ccccc2C(=O)N1C. The molecule has 0 N–H and O–H groups in total. The van der Waals surface area contributed by atoms with E-state index in [-0.39, 0.29) is 12.1 Å². The lowest BCUT2D eigenvalue weighted by molar-refractivity contribution is -0.000585. The summed E-state index contributed by atoms with van der Waals surface area (Å²) in [6.45, 7) is 0. The predicted octanol–water partition coefficient (Wildman–Crippen LogP) is 1.42. The zero-order valence-corrected chi connectivity index (χ0v) is 7.65. The average molecular weight is 177 g/mol. The number of fused-ring (bicyclic) bond motifs is 1. The van der Waals surface area contributed by atoms with Gasteiger partial charge in [0.15, 0.2) is 6.23 Å². The molecular formula is C10H11NO2. The molecule has 1 heterocycles. The molecule has 0 aromatic heterocycles. The van der Waals surface area contributed by atoms with Crippen molar-refractivity contribution in [1.29, 1.82) is 0 Å². The van der Waals surface area contributed by atoms with Gasteiger partial charge in [-0.2, -0.15) is 0 Å². The third-order valence-corrected chi connectivity index (χ3v) is 2.35. The molecule has 3 heteroatoms. The minimum Gasteiger partial charge on any atom is -0.357 e. The lowest BCUT2D eigenvalue weighted by Gasteiger charge is -2.18. The van der Waals surface area contributed by atoms with E-state index in [0.29, 0.717) is 0 Å². The second-order valence-corrected chi connectivity index (χ2v) is 3.09. The first kappa shape index (κ1) is 8.26. The number of amides is 1. The highest BCUT2D eigenvalue weighted by molar-refractivity contribution is 5.98. The van der Waals surface area contributed by atoms with Gasteiger partial charge in [-0.3, -0.25) is 4.79 Å². The van der Waals surface area contributed by atoms with Crippen molar-refractivity contribution >= 4 is 5.91 Å². The molecule has 1 atom stereocenters. The molecule has 1 aliphatic rings. The molecule has 1 unspecified atom stereocenters. The maximum Gasteiger partial charge on any atom is 0.256 e. The molecule has 1 amide bonds. The van der Waals surface area contributed by atoms with Crippen molar-refractivity contribution in [3.63, 3.8) is 0 Å². The molecule has 0 saturated carbocycles. The minimum atomic E-state index is -0.219. The van der Waals surface area contributed by atoms with Crippen LogP contribution in [-0.4, -0.2) is 25.0 Å². The topological polar surface area (TPSA) is 29.5 Å². The molecule has 0 aliphatic carbocycles. The molecular weight excluding hydrogens is 166 g/mol. The number of nitrogens with zero attached hydrogens (tertiary/aromatic N) is 1. The van der Waals surface area contributed by atoms with E-state index in [1.54, 1.807) is 19.1 Å². The smallest absolute Gasteiger partial charge is 0.256 e. The van der Waals surface area contributed by atoms with E-state index in [1.807, 2.05) is 24.3 Å². The quantitative estimate of drug-likeness (QED) is 0.649. The first-order valence-corrected chi connectivity index (χ1v) is 4.14. The van der Waals surface area contributed by atoms with Crippen LogP contribution in [0.15, 0.2) is 24.3 Å². The Bertz CT molecular complexity index is 349. The number of rotatable bonds is 1. The van der Waals surface area contributed by atoms with Crippen LogP contribution in [-0.2, 0) is 4.74 Å². The van der Waals surface area contributed by atoms with Gasteiger partial charge in [-0.1, -0.05) is 18.2 Å². The first-order chi connectivity index (χ1) is 6.25. The van der Waals surface area contributed by atoms with E-state index in [0.717, 1.165) is 11.1 Å². The number of hydrogen-bond acceptors (Lipinski definition) is 2. The van der Waals surface area contributed by atoms with E-state index >= 15 is 0 Å². The highest BCUT2D eigenvalue weighted by Crippen LogP contribution is 2.31. The third-order valence-electron chi connectivity index (χ3n) is 2.35. The van der Waals surface area contributed by atoms with Crippen molar-refractivity contribution in [2.45, 2.75) is 6.23 Å². The summed E-state index contributed by atoms with van der Waals surface area (Å²) in [5, 5.41) is 0. The highest BCUT2D eigenvalue weighted by Gasteiger charge is 2.33. The Balaban J connectivity index is 2.53. The van der Waals surface area contributed by atoms with Gasteiger partial charge in [0.25, 0.3) is 5.91 Å². The monoisotopic (exact) mass is 177 g/mol. The summed E-state index contributed by atoms with van der Waals surface area (Å²) in [7, 11) is 3.35. The summed E-state index contributed by atoms with van der Waals surface area (Å²) in [6.07, 6.45) is -0.219.